The van der Waals surface area contributed by atoms with Gasteiger partial charge >= 0.3 is 7.12 Å². The first-order chi connectivity index (χ1) is 11.2. The molecule has 1 aromatic heterocycles. The van der Waals surface area contributed by atoms with Gasteiger partial charge in [-0.2, -0.15) is 0 Å². The average Bonchev–Trinajstić information content (AvgIpc) is 2.93. The second-order valence-electron chi connectivity index (χ2n) is 8.84. The fourth-order valence-electron chi connectivity index (χ4n) is 4.17. The molecule has 3 aliphatic rings. The van der Waals surface area contributed by atoms with Crippen LogP contribution in [0.15, 0.2) is 12.1 Å². The van der Waals surface area contributed by atoms with Crippen LogP contribution in [0.3, 0.4) is 0 Å². The molecule has 0 aromatic carbocycles. The maximum absolute atomic E-state index is 6.32. The number of fused-ring (bicyclic) bond motifs is 1. The fraction of sp³-hybridized carbons (Fsp3) is 0.737. The molecule has 1 saturated heterocycles. The average molecular weight is 329 g/mol. The van der Waals surface area contributed by atoms with Crippen LogP contribution in [-0.2, 0) is 15.7 Å². The Balaban J connectivity index is 1.42. The lowest BCUT2D eigenvalue weighted by molar-refractivity contribution is 0.00578. The van der Waals surface area contributed by atoms with Gasteiger partial charge < -0.3 is 14.0 Å². The van der Waals surface area contributed by atoms with Gasteiger partial charge in [0.2, 0.25) is 5.88 Å². The van der Waals surface area contributed by atoms with Crippen molar-refractivity contribution in [3.63, 3.8) is 0 Å². The lowest BCUT2D eigenvalue weighted by Gasteiger charge is -2.36. The van der Waals surface area contributed by atoms with E-state index < -0.39 is 0 Å². The van der Waals surface area contributed by atoms with Gasteiger partial charge in [-0.05, 0) is 72.2 Å². The number of hydrogen-bond donors (Lipinski definition) is 0. The van der Waals surface area contributed by atoms with Crippen LogP contribution in [0.4, 0.5) is 0 Å². The highest BCUT2D eigenvalue weighted by Crippen LogP contribution is 2.49. The Labute approximate surface area is 145 Å². The van der Waals surface area contributed by atoms with Crippen molar-refractivity contribution in [2.45, 2.75) is 89.3 Å². The van der Waals surface area contributed by atoms with Crippen LogP contribution in [0, 0.1) is 6.92 Å². The highest BCUT2D eigenvalue weighted by Gasteiger charge is 2.55. The van der Waals surface area contributed by atoms with Crippen molar-refractivity contribution in [3.05, 3.63) is 23.4 Å². The maximum atomic E-state index is 6.32. The van der Waals surface area contributed by atoms with Crippen molar-refractivity contribution in [1.82, 2.24) is 4.98 Å². The van der Waals surface area contributed by atoms with Crippen LogP contribution in [0.2, 0.25) is 5.82 Å². The van der Waals surface area contributed by atoms with E-state index >= 15 is 0 Å². The molecule has 0 atom stereocenters. The van der Waals surface area contributed by atoms with Gasteiger partial charge in [-0.3, -0.25) is 0 Å². The van der Waals surface area contributed by atoms with Crippen LogP contribution in [0.1, 0.15) is 64.6 Å². The zero-order valence-corrected chi connectivity index (χ0v) is 15.5. The van der Waals surface area contributed by atoms with Gasteiger partial charge in [-0.25, -0.2) is 4.98 Å². The molecular formula is C19H28BNO3. The Morgan fingerprint density at radius 2 is 1.67 bits per heavy atom. The van der Waals surface area contributed by atoms with Crippen molar-refractivity contribution in [1.29, 1.82) is 0 Å². The second kappa shape index (κ2) is 5.22. The second-order valence-corrected chi connectivity index (χ2v) is 8.84. The number of hydrogen-bond acceptors (Lipinski definition) is 4. The molecule has 1 aliphatic carbocycles. The molecule has 5 heteroatoms. The lowest BCUT2D eigenvalue weighted by atomic mass is 9.61. The monoisotopic (exact) mass is 329 g/mol. The molecule has 0 N–H and O–H groups in total. The van der Waals surface area contributed by atoms with Gasteiger partial charge in [0.1, 0.15) is 5.60 Å². The molecule has 130 valence electrons. The number of rotatable bonds is 1. The molecule has 0 amide bonds. The summed E-state index contributed by atoms with van der Waals surface area (Å²) in [5.74, 6) is 1.31. The Hall–Kier alpha value is -1.07. The largest absolute Gasteiger partial charge is 0.470 e. The van der Waals surface area contributed by atoms with Crippen molar-refractivity contribution in [2.24, 2.45) is 0 Å². The Kier molecular flexibility index (Phi) is 3.56. The van der Waals surface area contributed by atoms with Crippen LogP contribution >= 0.6 is 0 Å². The molecule has 0 bridgehead atoms. The van der Waals surface area contributed by atoms with E-state index in [1.165, 1.54) is 5.56 Å². The SMILES string of the molecule is Cc1ccc2c(n1)OC1(CCC(B3OC(C)(C)C(C)(C)O3)CC1)C2. The van der Waals surface area contributed by atoms with Crippen LogP contribution in [-0.4, -0.2) is 28.9 Å². The maximum Gasteiger partial charge on any atom is 0.461 e. The summed E-state index contributed by atoms with van der Waals surface area (Å²) in [6.45, 7) is 10.5. The molecule has 2 aliphatic heterocycles. The summed E-state index contributed by atoms with van der Waals surface area (Å²) in [5, 5.41) is 0. The summed E-state index contributed by atoms with van der Waals surface area (Å²) in [6, 6.07) is 4.25. The molecule has 0 radical (unpaired) electrons. The third kappa shape index (κ3) is 2.57. The molecule has 2 fully saturated rings. The van der Waals surface area contributed by atoms with Gasteiger partial charge in [-0.1, -0.05) is 6.07 Å². The normalized spacial score (nSPS) is 33.5. The van der Waals surface area contributed by atoms with Crippen molar-refractivity contribution in [2.75, 3.05) is 0 Å². The Morgan fingerprint density at radius 1 is 1.04 bits per heavy atom. The summed E-state index contributed by atoms with van der Waals surface area (Å²) in [6.07, 6.45) is 5.27. The standard InChI is InChI=1S/C19H28BNO3/c1-13-6-7-14-12-19(22-16(14)21-13)10-8-15(9-11-19)20-23-17(2,3)18(4,5)24-20/h6-7,15H,8-12H2,1-5H3. The van der Waals surface area contributed by atoms with Crippen molar-refractivity contribution < 1.29 is 14.0 Å². The first-order valence-electron chi connectivity index (χ1n) is 9.21. The minimum absolute atomic E-state index is 0.0523. The molecule has 1 saturated carbocycles. The number of nitrogens with zero attached hydrogens (tertiary/aromatic N) is 1. The predicted octanol–water partition coefficient (Wildman–Crippen LogP) is 4.10. The molecule has 0 unspecified atom stereocenters. The van der Waals surface area contributed by atoms with Gasteiger partial charge in [0.05, 0.1) is 11.2 Å². The highest BCUT2D eigenvalue weighted by atomic mass is 16.7. The third-order valence-corrected chi connectivity index (χ3v) is 6.50. The fourth-order valence-corrected chi connectivity index (χ4v) is 4.17. The summed E-state index contributed by atoms with van der Waals surface area (Å²) >= 11 is 0. The van der Waals surface area contributed by atoms with E-state index in [2.05, 4.69) is 44.8 Å². The van der Waals surface area contributed by atoms with E-state index in [-0.39, 0.29) is 23.9 Å². The Morgan fingerprint density at radius 3 is 2.29 bits per heavy atom. The number of aryl methyl sites for hydroxylation is 1. The van der Waals surface area contributed by atoms with Crippen LogP contribution in [0.5, 0.6) is 5.88 Å². The third-order valence-electron chi connectivity index (χ3n) is 6.50. The molecule has 24 heavy (non-hydrogen) atoms. The Bertz CT molecular complexity index is 634. The van der Waals surface area contributed by atoms with E-state index in [9.17, 15) is 0 Å². The van der Waals surface area contributed by atoms with Crippen molar-refractivity contribution in [3.8, 4) is 5.88 Å². The minimum atomic E-state index is -0.242. The summed E-state index contributed by atoms with van der Waals surface area (Å²) in [7, 11) is -0.0866. The number of pyridine rings is 1. The van der Waals surface area contributed by atoms with Gasteiger partial charge in [0, 0.05) is 17.7 Å². The molecule has 4 rings (SSSR count). The molecule has 4 nitrogen and oxygen atoms in total. The minimum Gasteiger partial charge on any atom is -0.470 e. The van der Waals surface area contributed by atoms with Gasteiger partial charge in [-0.15, -0.1) is 0 Å². The quantitative estimate of drug-likeness (QED) is 0.727. The number of ether oxygens (including phenoxy) is 1. The van der Waals surface area contributed by atoms with Gasteiger partial charge in [0.15, 0.2) is 0 Å². The highest BCUT2D eigenvalue weighted by molar-refractivity contribution is 6.47. The van der Waals surface area contributed by atoms with E-state index in [0.717, 1.165) is 43.7 Å². The van der Waals surface area contributed by atoms with Crippen molar-refractivity contribution >= 4 is 7.12 Å². The number of aromatic nitrogens is 1. The first-order valence-corrected chi connectivity index (χ1v) is 9.21. The zero-order chi connectivity index (χ0) is 17.2. The van der Waals surface area contributed by atoms with E-state index in [4.69, 9.17) is 14.0 Å². The van der Waals surface area contributed by atoms with E-state index in [1.54, 1.807) is 0 Å². The predicted molar refractivity (Wildman–Crippen MR) is 94.3 cm³/mol. The van der Waals surface area contributed by atoms with Gasteiger partial charge in [0.25, 0.3) is 0 Å². The van der Waals surface area contributed by atoms with E-state index in [1.807, 2.05) is 6.92 Å². The van der Waals surface area contributed by atoms with Crippen LogP contribution < -0.4 is 4.74 Å². The smallest absolute Gasteiger partial charge is 0.461 e. The molecular weight excluding hydrogens is 301 g/mol. The molecule has 1 spiro atoms. The van der Waals surface area contributed by atoms with E-state index in [0.29, 0.717) is 5.82 Å². The molecule has 3 heterocycles. The topological polar surface area (TPSA) is 40.6 Å². The zero-order valence-electron chi connectivity index (χ0n) is 15.5. The summed E-state index contributed by atoms with van der Waals surface area (Å²) in [5.41, 5.74) is 1.75. The summed E-state index contributed by atoms with van der Waals surface area (Å²) in [4.78, 5) is 4.57. The van der Waals surface area contributed by atoms with Crippen LogP contribution in [0.25, 0.3) is 0 Å². The molecule has 1 aromatic rings. The first kappa shape index (κ1) is 16.4. The lowest BCUT2D eigenvalue weighted by Crippen LogP contribution is -2.41. The summed E-state index contributed by atoms with van der Waals surface area (Å²) < 4.78 is 18.8.